The number of benzene rings is 1. The van der Waals surface area contributed by atoms with E-state index >= 15 is 0 Å². The number of rotatable bonds is 6. The van der Waals surface area contributed by atoms with E-state index in [9.17, 15) is 8.78 Å². The number of allylic oxidation sites excluding steroid dienone is 1. The van der Waals surface area contributed by atoms with Crippen molar-refractivity contribution in [2.45, 2.75) is 48.0 Å². The molecule has 1 aromatic carbocycles. The summed E-state index contributed by atoms with van der Waals surface area (Å²) in [4.78, 5) is 4.43. The molecule has 0 saturated carbocycles. The van der Waals surface area contributed by atoms with Gasteiger partial charge in [0, 0.05) is 29.6 Å². The Morgan fingerprint density at radius 2 is 1.79 bits per heavy atom. The van der Waals surface area contributed by atoms with Crippen LogP contribution in [0.25, 0.3) is 11.1 Å². The monoisotopic (exact) mass is 390 g/mol. The van der Waals surface area contributed by atoms with Crippen LogP contribution in [0, 0.1) is 18.6 Å². The van der Waals surface area contributed by atoms with E-state index < -0.39 is 11.6 Å². The molecule has 0 amide bonds. The van der Waals surface area contributed by atoms with Crippen molar-refractivity contribution in [2.75, 3.05) is 6.54 Å². The highest BCUT2D eigenvalue weighted by Gasteiger charge is 2.12. The summed E-state index contributed by atoms with van der Waals surface area (Å²) in [6.07, 6.45) is 3.51. The maximum absolute atomic E-state index is 13.7. The first kappa shape index (κ1) is 25.2. The Bertz CT molecular complexity index is 784. The van der Waals surface area contributed by atoms with Crippen LogP contribution in [-0.2, 0) is 0 Å². The lowest BCUT2D eigenvalue weighted by Crippen LogP contribution is -2.04. The summed E-state index contributed by atoms with van der Waals surface area (Å²) < 4.78 is 27.5. The zero-order chi connectivity index (χ0) is 21.7. The third-order valence-corrected chi connectivity index (χ3v) is 3.73. The third kappa shape index (κ3) is 6.76. The number of nitrogens with one attached hydrogen (secondary N) is 1. The number of nitrogens with two attached hydrogens (primary N) is 1. The quantitative estimate of drug-likeness (QED) is 0.602. The Labute approximate surface area is 167 Å². The Kier molecular flexibility index (Phi) is 12.1. The number of H-pyrrole nitrogens is 1. The van der Waals surface area contributed by atoms with Crippen LogP contribution in [0.3, 0.4) is 0 Å². The van der Waals surface area contributed by atoms with Gasteiger partial charge in [-0.15, -0.1) is 0 Å². The van der Waals surface area contributed by atoms with Crippen LogP contribution in [0.5, 0.6) is 0 Å². The van der Waals surface area contributed by atoms with Crippen molar-refractivity contribution in [3.63, 3.8) is 0 Å². The second-order valence-corrected chi connectivity index (χ2v) is 5.43. The van der Waals surface area contributed by atoms with Gasteiger partial charge in [-0.2, -0.15) is 5.10 Å². The highest BCUT2D eigenvalue weighted by atomic mass is 19.1. The predicted octanol–water partition coefficient (Wildman–Crippen LogP) is 5.91. The third-order valence-electron chi connectivity index (χ3n) is 3.73. The molecule has 28 heavy (non-hydrogen) atoms. The summed E-state index contributed by atoms with van der Waals surface area (Å²) in [5.41, 5.74) is 9.20. The minimum absolute atomic E-state index is 0.0793. The fourth-order valence-electron chi connectivity index (χ4n) is 2.41. The van der Waals surface area contributed by atoms with Crippen LogP contribution in [0.1, 0.15) is 57.9 Å². The highest BCUT2D eigenvalue weighted by Crippen LogP contribution is 2.23. The first-order valence-electron chi connectivity index (χ1n) is 9.51. The zero-order valence-corrected chi connectivity index (χ0v) is 17.7. The lowest BCUT2D eigenvalue weighted by atomic mass is 10.0. The lowest BCUT2D eigenvalue weighted by molar-refractivity contribution is 0.576. The summed E-state index contributed by atoms with van der Waals surface area (Å²) >= 11 is 0. The van der Waals surface area contributed by atoms with Gasteiger partial charge in [-0.25, -0.2) is 8.78 Å². The molecule has 0 bridgehead atoms. The molecule has 0 aliphatic carbocycles. The molecule has 2 aromatic rings. The average Bonchev–Trinajstić information content (AvgIpc) is 3.11. The maximum Gasteiger partial charge on any atom is 0.133 e. The molecule has 0 aliphatic heterocycles. The van der Waals surface area contributed by atoms with E-state index in [1.807, 2.05) is 41.5 Å². The molecule has 1 aromatic heterocycles. The summed E-state index contributed by atoms with van der Waals surface area (Å²) in [5, 5.41) is 6.85. The van der Waals surface area contributed by atoms with Gasteiger partial charge in [-0.05, 0) is 43.5 Å². The van der Waals surface area contributed by atoms with Gasteiger partial charge in [-0.1, -0.05) is 40.3 Å². The van der Waals surface area contributed by atoms with Crippen LogP contribution in [0.4, 0.5) is 8.78 Å². The van der Waals surface area contributed by atoms with Gasteiger partial charge < -0.3 is 5.73 Å². The van der Waals surface area contributed by atoms with Crippen LogP contribution >= 0.6 is 0 Å². The van der Waals surface area contributed by atoms with Gasteiger partial charge in [0.05, 0.1) is 11.9 Å². The van der Waals surface area contributed by atoms with Gasteiger partial charge in [-0.3, -0.25) is 10.1 Å². The number of nitrogens with zero attached hydrogens (tertiary/aromatic N) is 2. The number of aromatic nitrogens is 2. The molecule has 3 N–H and O–H groups in total. The van der Waals surface area contributed by atoms with E-state index in [0.717, 1.165) is 16.8 Å². The molecular weight excluding hydrogens is 358 g/mol. The normalized spacial score (nSPS) is 11.1. The van der Waals surface area contributed by atoms with E-state index in [-0.39, 0.29) is 5.56 Å². The molecule has 154 valence electrons. The molecule has 0 unspecified atom stereocenters. The van der Waals surface area contributed by atoms with E-state index in [1.54, 1.807) is 6.20 Å². The van der Waals surface area contributed by atoms with Gasteiger partial charge in [0.15, 0.2) is 0 Å². The lowest BCUT2D eigenvalue weighted by Gasteiger charge is -2.09. The van der Waals surface area contributed by atoms with Crippen molar-refractivity contribution in [2.24, 2.45) is 10.7 Å². The molecule has 0 spiro atoms. The Morgan fingerprint density at radius 1 is 1.21 bits per heavy atom. The predicted molar refractivity (Wildman–Crippen MR) is 116 cm³/mol. The van der Waals surface area contributed by atoms with E-state index in [1.165, 1.54) is 24.4 Å². The summed E-state index contributed by atoms with van der Waals surface area (Å²) in [6, 6.07) is 3.76. The number of halogens is 2. The van der Waals surface area contributed by atoms with Crippen molar-refractivity contribution in [1.82, 2.24) is 10.2 Å². The maximum atomic E-state index is 13.7. The largest absolute Gasteiger partial charge is 0.404 e. The second-order valence-electron chi connectivity index (χ2n) is 5.43. The molecule has 2 rings (SSSR count). The first-order chi connectivity index (χ1) is 13.5. The molecular formula is C22H32F2N4. The minimum atomic E-state index is -0.615. The van der Waals surface area contributed by atoms with Crippen molar-refractivity contribution in [3.8, 4) is 0 Å². The van der Waals surface area contributed by atoms with E-state index in [0.29, 0.717) is 24.3 Å². The highest BCUT2D eigenvalue weighted by molar-refractivity contribution is 6.22. The van der Waals surface area contributed by atoms with Gasteiger partial charge in [0.2, 0.25) is 0 Å². The SMILES string of the molecule is C=C(CCN=C(C)/C(=C\N)c1[nH]ncc1C)c1c(F)cccc1F.CC.CC. The fourth-order valence-corrected chi connectivity index (χ4v) is 2.41. The van der Waals surface area contributed by atoms with Crippen LogP contribution in [-0.4, -0.2) is 22.5 Å². The Morgan fingerprint density at radius 3 is 2.25 bits per heavy atom. The molecule has 0 fully saturated rings. The van der Waals surface area contributed by atoms with Crippen LogP contribution in [0.2, 0.25) is 0 Å². The molecule has 1 heterocycles. The topological polar surface area (TPSA) is 67.1 Å². The van der Waals surface area contributed by atoms with Gasteiger partial charge >= 0.3 is 0 Å². The zero-order valence-electron chi connectivity index (χ0n) is 17.7. The fraction of sp³-hybridized carbons (Fsp3) is 0.364. The summed E-state index contributed by atoms with van der Waals surface area (Å²) in [7, 11) is 0. The number of hydrogen-bond donors (Lipinski definition) is 2. The van der Waals surface area contributed by atoms with E-state index in [2.05, 4.69) is 21.8 Å². The minimum Gasteiger partial charge on any atom is -0.404 e. The Balaban J connectivity index is 0.00000171. The Hall–Kier alpha value is -2.76. The van der Waals surface area contributed by atoms with Crippen molar-refractivity contribution < 1.29 is 8.78 Å². The van der Waals surface area contributed by atoms with Gasteiger partial charge in [0.25, 0.3) is 0 Å². The molecule has 0 radical (unpaired) electrons. The summed E-state index contributed by atoms with van der Waals surface area (Å²) in [6.45, 7) is 15.9. The van der Waals surface area contributed by atoms with Crippen LogP contribution < -0.4 is 5.73 Å². The second kappa shape index (κ2) is 13.4. The number of aliphatic imine (C=N–C) groups is 1. The number of aryl methyl sites for hydroxylation is 1. The van der Waals surface area contributed by atoms with Gasteiger partial charge in [0.1, 0.15) is 11.6 Å². The number of hydrogen-bond acceptors (Lipinski definition) is 3. The average molecular weight is 391 g/mol. The van der Waals surface area contributed by atoms with Crippen molar-refractivity contribution >= 4 is 16.9 Å². The number of aromatic amines is 1. The smallest absolute Gasteiger partial charge is 0.133 e. The standard InChI is InChI=1S/C18H20F2N4.2C2H6/c1-11(17-15(19)5-4-6-16(17)20)7-8-22-13(3)14(9-21)18-12(2)10-23-24-18;2*1-2/h4-6,9-10H,1,7-8,21H2,2-3H3,(H,23,24);2*1-2H3/b14-9+,22-13?;;. The van der Waals surface area contributed by atoms with Crippen molar-refractivity contribution in [1.29, 1.82) is 0 Å². The van der Waals surface area contributed by atoms with Crippen LogP contribution in [0.15, 0.2) is 42.2 Å². The molecule has 4 nitrogen and oxygen atoms in total. The molecule has 0 atom stereocenters. The molecule has 0 saturated heterocycles. The summed E-state index contributed by atoms with van der Waals surface area (Å²) in [5.74, 6) is -1.23. The van der Waals surface area contributed by atoms with E-state index in [4.69, 9.17) is 5.73 Å². The van der Waals surface area contributed by atoms with Crippen molar-refractivity contribution in [3.05, 3.63) is 65.6 Å². The molecule has 0 aliphatic rings. The first-order valence-corrected chi connectivity index (χ1v) is 9.51. The molecule has 6 heteroatoms.